The Hall–Kier alpha value is -8.77. The molecule has 0 aliphatic carbocycles. The number of carbonyl (C=O) groups excluding carboxylic acids is 4. The molecule has 0 spiro atoms. The van der Waals surface area contributed by atoms with Crippen molar-refractivity contribution < 1.29 is 29.0 Å². The zero-order chi connectivity index (χ0) is 46.3. The lowest BCUT2D eigenvalue weighted by Crippen LogP contribution is -2.24. The van der Waals surface area contributed by atoms with Crippen molar-refractivity contribution in [2.75, 3.05) is 37.2 Å². The van der Waals surface area contributed by atoms with E-state index in [-0.39, 0.29) is 30.1 Å². The summed E-state index contributed by atoms with van der Waals surface area (Å²) in [6, 6.07) is 31.2. The molecule has 0 saturated heterocycles. The van der Waals surface area contributed by atoms with Gasteiger partial charge in [-0.1, -0.05) is 24.3 Å². The molecule has 328 valence electrons. The first-order valence-electron chi connectivity index (χ1n) is 19.5. The third kappa shape index (κ3) is 12.0. The van der Waals surface area contributed by atoms with Crippen LogP contribution in [0.25, 0.3) is 44.6 Å². The number of rotatable bonds is 12. The average molecular weight is 893 g/mol. The van der Waals surface area contributed by atoms with Gasteiger partial charge in [0.15, 0.2) is 18.3 Å². The fraction of sp³-hybridized carbons (Fsp3) is 0.0870. The van der Waals surface area contributed by atoms with E-state index in [2.05, 4.69) is 51.2 Å². The molecule has 0 radical (unpaired) electrons. The van der Waals surface area contributed by atoms with Crippen molar-refractivity contribution in [3.8, 4) is 34.3 Å². The summed E-state index contributed by atoms with van der Waals surface area (Å²) in [4.78, 5) is 71.8. The Kier molecular flexibility index (Phi) is 15.4. The van der Waals surface area contributed by atoms with E-state index in [9.17, 15) is 24.3 Å². The minimum atomic E-state index is -0.562. The zero-order valence-electron chi connectivity index (χ0n) is 34.8. The van der Waals surface area contributed by atoms with Gasteiger partial charge in [0.2, 0.25) is 5.91 Å². The number of phenols is 1. The summed E-state index contributed by atoms with van der Waals surface area (Å²) in [5.74, 6) is 0.951. The van der Waals surface area contributed by atoms with Gasteiger partial charge in [-0.05, 0) is 84.9 Å². The van der Waals surface area contributed by atoms with E-state index in [1.807, 2.05) is 12.1 Å². The number of para-hydroxylation sites is 2. The number of aromatic hydroxyl groups is 1. The number of hydrogen-bond acceptors (Lipinski definition) is 14. The van der Waals surface area contributed by atoms with Gasteiger partial charge < -0.3 is 42.6 Å². The molecule has 0 aliphatic heterocycles. The lowest BCUT2D eigenvalue weighted by molar-refractivity contribution is -0.122. The van der Waals surface area contributed by atoms with Crippen LogP contribution in [0.4, 0.5) is 23.0 Å². The Labute approximate surface area is 376 Å². The Balaban J connectivity index is 0.000000193. The van der Waals surface area contributed by atoms with Gasteiger partial charge in [0.1, 0.15) is 29.0 Å². The number of nitrogens with two attached hydrogens (primary N) is 2. The molecule has 18 nitrogen and oxygen atoms in total. The van der Waals surface area contributed by atoms with Crippen molar-refractivity contribution in [2.45, 2.75) is 0 Å². The summed E-state index contributed by atoms with van der Waals surface area (Å²) >= 11 is 5.04. The number of fused-ring (bicyclic) bond motifs is 2. The van der Waals surface area contributed by atoms with E-state index in [0.29, 0.717) is 73.3 Å². The van der Waals surface area contributed by atoms with Gasteiger partial charge in [-0.3, -0.25) is 29.1 Å². The summed E-state index contributed by atoms with van der Waals surface area (Å²) in [6.07, 6.45) is 6.68. The quantitative estimate of drug-likeness (QED) is 0.0707. The Morgan fingerprint density at radius 2 is 1.11 bits per heavy atom. The highest BCUT2D eigenvalue weighted by molar-refractivity contribution is 6.27. The standard InChI is InChI=1S/C23H20N6O3.C20H15N5O2.C3H6ClNO/c1-25-20(30)13-32-15-8-9-19-17(11-15)23(28-18-7-3-2-6-16(18)21(24)31)29-22(27-19)14-5-4-10-26-12-14;21-18(27)14-5-1-2-6-16(14)24-20-15-10-13(26)7-8-17(15)23-19(25-20)12-4-3-9-22-11-12;1-5-3(6)2-4/h2-12H,13H2,1H3,(H2,24,31)(H,25,30)(H,27,28,29);1-11,26H,(H2,21,27)(H,23,24,25);2H2,1H3,(H,5,6). The van der Waals surface area contributed by atoms with E-state index in [1.54, 1.807) is 129 Å². The van der Waals surface area contributed by atoms with Crippen LogP contribution in [0.15, 0.2) is 134 Å². The molecule has 4 amide bonds. The molecule has 0 fully saturated rings. The molecule has 0 atom stereocenters. The SMILES string of the molecule is CNC(=O)CCl.CNC(=O)COc1ccc2nc(-c3cccnc3)nc(Nc3ccccc3C(N)=O)c2c1.NC(=O)c1ccccc1Nc1nc(-c2cccnc2)nc2ccc(O)cc12. The second-order valence-electron chi connectivity index (χ2n) is 13.5. The van der Waals surface area contributed by atoms with Crippen molar-refractivity contribution in [1.29, 1.82) is 0 Å². The first-order valence-corrected chi connectivity index (χ1v) is 20.1. The molecular formula is C46H41ClN12O6. The number of amides is 4. The summed E-state index contributed by atoms with van der Waals surface area (Å²) in [5.41, 5.74) is 15.5. The number of primary amides is 2. The molecule has 8 rings (SSSR count). The molecule has 4 heterocycles. The molecule has 0 aliphatic rings. The first-order chi connectivity index (χ1) is 31.5. The molecule has 4 aromatic heterocycles. The maximum atomic E-state index is 11.9. The minimum Gasteiger partial charge on any atom is -0.508 e. The molecule has 4 aromatic carbocycles. The van der Waals surface area contributed by atoms with Crippen molar-refractivity contribution in [3.05, 3.63) is 145 Å². The highest BCUT2D eigenvalue weighted by Crippen LogP contribution is 2.32. The number of hydrogen-bond donors (Lipinski definition) is 7. The number of pyridine rings is 2. The third-order valence-corrected chi connectivity index (χ3v) is 9.37. The van der Waals surface area contributed by atoms with Gasteiger partial charge in [0.05, 0.1) is 33.5 Å². The van der Waals surface area contributed by atoms with Crippen LogP contribution < -0.4 is 37.5 Å². The number of likely N-dealkylation sites (N-methyl/N-ethyl adjacent to an activating group) is 1. The molecular weight excluding hydrogens is 852 g/mol. The highest BCUT2D eigenvalue weighted by Gasteiger charge is 2.16. The predicted octanol–water partition coefficient (Wildman–Crippen LogP) is 5.87. The van der Waals surface area contributed by atoms with E-state index in [1.165, 1.54) is 7.05 Å². The highest BCUT2D eigenvalue weighted by atomic mass is 35.5. The van der Waals surface area contributed by atoms with Gasteiger partial charge in [0, 0.05) is 60.8 Å². The number of carbonyl (C=O) groups is 4. The number of benzene rings is 4. The molecule has 65 heavy (non-hydrogen) atoms. The lowest BCUT2D eigenvalue weighted by atomic mass is 10.1. The lowest BCUT2D eigenvalue weighted by Gasteiger charge is -2.14. The molecule has 9 N–H and O–H groups in total. The summed E-state index contributed by atoms with van der Waals surface area (Å²) in [6.45, 7) is -0.121. The fourth-order valence-electron chi connectivity index (χ4n) is 5.91. The van der Waals surface area contributed by atoms with Gasteiger partial charge in [-0.25, -0.2) is 19.9 Å². The maximum absolute atomic E-state index is 11.9. The fourth-order valence-corrected chi connectivity index (χ4v) is 6.04. The Morgan fingerprint density at radius 3 is 1.55 bits per heavy atom. The molecule has 0 unspecified atom stereocenters. The summed E-state index contributed by atoms with van der Waals surface area (Å²) < 4.78 is 5.57. The predicted molar refractivity (Wildman–Crippen MR) is 248 cm³/mol. The van der Waals surface area contributed by atoms with E-state index < -0.39 is 11.8 Å². The smallest absolute Gasteiger partial charge is 0.257 e. The van der Waals surface area contributed by atoms with Crippen LogP contribution in [0.2, 0.25) is 0 Å². The second-order valence-corrected chi connectivity index (χ2v) is 13.8. The van der Waals surface area contributed by atoms with Crippen LogP contribution >= 0.6 is 11.6 Å². The van der Waals surface area contributed by atoms with Crippen LogP contribution in [0.3, 0.4) is 0 Å². The zero-order valence-corrected chi connectivity index (χ0v) is 35.6. The van der Waals surface area contributed by atoms with Crippen molar-refractivity contribution >= 4 is 80.0 Å². The van der Waals surface area contributed by atoms with E-state index in [4.69, 9.17) is 27.8 Å². The van der Waals surface area contributed by atoms with Crippen molar-refractivity contribution in [3.63, 3.8) is 0 Å². The van der Waals surface area contributed by atoms with Crippen LogP contribution in [0.1, 0.15) is 20.7 Å². The number of nitrogens with zero attached hydrogens (tertiary/aromatic N) is 6. The first kappa shape index (κ1) is 45.7. The Bertz CT molecular complexity index is 2980. The van der Waals surface area contributed by atoms with E-state index >= 15 is 0 Å². The van der Waals surface area contributed by atoms with Gasteiger partial charge in [0.25, 0.3) is 17.7 Å². The topological polar surface area (TPSA) is 275 Å². The van der Waals surface area contributed by atoms with E-state index in [0.717, 1.165) is 11.1 Å². The third-order valence-electron chi connectivity index (χ3n) is 9.13. The number of ether oxygens (including phenoxy) is 1. The van der Waals surface area contributed by atoms with Crippen LogP contribution in [-0.2, 0) is 9.59 Å². The van der Waals surface area contributed by atoms with Crippen LogP contribution in [-0.4, -0.2) is 85.2 Å². The number of halogens is 1. The van der Waals surface area contributed by atoms with Gasteiger partial charge in [-0.15, -0.1) is 11.6 Å². The number of anilines is 4. The molecule has 8 aromatic rings. The average Bonchev–Trinajstić information content (AvgIpc) is 3.34. The maximum Gasteiger partial charge on any atom is 0.257 e. The molecule has 0 bridgehead atoms. The summed E-state index contributed by atoms with van der Waals surface area (Å²) in [5, 5.41) is 22.3. The number of aromatic nitrogens is 6. The second kappa shape index (κ2) is 21.8. The molecule has 19 heteroatoms. The monoisotopic (exact) mass is 892 g/mol. The summed E-state index contributed by atoms with van der Waals surface area (Å²) in [7, 11) is 3.09. The molecule has 0 saturated carbocycles. The minimum absolute atomic E-state index is 0.0521. The largest absolute Gasteiger partial charge is 0.508 e. The van der Waals surface area contributed by atoms with Gasteiger partial charge >= 0.3 is 0 Å². The number of alkyl halides is 1. The van der Waals surface area contributed by atoms with Crippen molar-refractivity contribution in [2.24, 2.45) is 11.5 Å². The van der Waals surface area contributed by atoms with Crippen LogP contribution in [0.5, 0.6) is 11.5 Å². The van der Waals surface area contributed by atoms with Crippen LogP contribution in [0, 0.1) is 0 Å². The Morgan fingerprint density at radius 1 is 0.615 bits per heavy atom. The number of nitrogens with one attached hydrogen (secondary N) is 4. The van der Waals surface area contributed by atoms with Crippen molar-refractivity contribution in [1.82, 2.24) is 40.5 Å². The number of phenolic OH excluding ortho intramolecular Hbond substituents is 1. The van der Waals surface area contributed by atoms with Gasteiger partial charge in [-0.2, -0.15) is 0 Å². The normalized spacial score (nSPS) is 10.3.